The van der Waals surface area contributed by atoms with Crippen molar-refractivity contribution >= 4 is 23.2 Å². The van der Waals surface area contributed by atoms with E-state index in [-0.39, 0.29) is 5.82 Å². The largest absolute Gasteiger partial charge is 0.444 e. The van der Waals surface area contributed by atoms with Crippen molar-refractivity contribution < 1.29 is 13.9 Å². The van der Waals surface area contributed by atoms with E-state index in [1.807, 2.05) is 0 Å². The van der Waals surface area contributed by atoms with Crippen LogP contribution in [0.25, 0.3) is 17.2 Å². The molecule has 0 radical (unpaired) electrons. The molecule has 10 heteroatoms. The number of primary amides is 1. The van der Waals surface area contributed by atoms with Crippen molar-refractivity contribution in [1.29, 1.82) is 0 Å². The zero-order valence-corrected chi connectivity index (χ0v) is 18.6. The zero-order valence-electron chi connectivity index (χ0n) is 18.6. The molecule has 1 aliphatic rings. The van der Waals surface area contributed by atoms with E-state index in [9.17, 15) is 9.18 Å². The van der Waals surface area contributed by atoms with E-state index in [2.05, 4.69) is 25.0 Å². The molecule has 32 heavy (non-hydrogen) atoms. The van der Waals surface area contributed by atoms with E-state index < -0.39 is 11.7 Å². The first-order chi connectivity index (χ1) is 15.1. The molecule has 172 valence electrons. The van der Waals surface area contributed by atoms with Crippen LogP contribution >= 0.6 is 0 Å². The first-order valence-corrected chi connectivity index (χ1v) is 10.6. The Balaban J connectivity index is 0.000000312. The second-order valence-corrected chi connectivity index (χ2v) is 8.73. The summed E-state index contributed by atoms with van der Waals surface area (Å²) in [5, 5.41) is 3.43. The number of nitrogen functional groups attached to an aromatic ring is 1. The number of anilines is 2. The smallest absolute Gasteiger partial charge is 0.405 e. The van der Waals surface area contributed by atoms with E-state index in [1.54, 1.807) is 43.6 Å². The molecule has 0 spiro atoms. The van der Waals surface area contributed by atoms with Gasteiger partial charge < -0.3 is 21.5 Å². The fourth-order valence-corrected chi connectivity index (χ4v) is 3.49. The maximum absolute atomic E-state index is 13.5. The number of amides is 1. The van der Waals surface area contributed by atoms with Gasteiger partial charge in [0.05, 0.1) is 18.1 Å². The first-order valence-electron chi connectivity index (χ1n) is 10.6. The number of nitrogens with zero attached hydrogens (tertiary/aromatic N) is 4. The van der Waals surface area contributed by atoms with Gasteiger partial charge in [-0.15, -0.1) is 0 Å². The predicted octanol–water partition coefficient (Wildman–Crippen LogP) is 4.14. The second-order valence-electron chi connectivity index (χ2n) is 8.73. The van der Waals surface area contributed by atoms with Crippen molar-refractivity contribution in [2.24, 2.45) is 5.73 Å². The number of nitrogens with two attached hydrogens (primary N) is 2. The van der Waals surface area contributed by atoms with Gasteiger partial charge in [-0.2, -0.15) is 0 Å². The summed E-state index contributed by atoms with van der Waals surface area (Å²) < 4.78 is 19.8. The van der Waals surface area contributed by atoms with Crippen molar-refractivity contribution in [3.05, 3.63) is 36.5 Å². The van der Waals surface area contributed by atoms with Crippen LogP contribution in [0, 0.1) is 5.82 Å². The third-order valence-corrected chi connectivity index (χ3v) is 4.87. The highest BCUT2D eigenvalue weighted by atomic mass is 19.1. The summed E-state index contributed by atoms with van der Waals surface area (Å²) in [6.07, 6.45) is 9.87. The van der Waals surface area contributed by atoms with Gasteiger partial charge in [-0.25, -0.2) is 24.1 Å². The van der Waals surface area contributed by atoms with Crippen LogP contribution < -0.4 is 16.8 Å². The third-order valence-electron chi connectivity index (χ3n) is 4.87. The topological polar surface area (TPSA) is 133 Å². The average molecular weight is 444 g/mol. The van der Waals surface area contributed by atoms with Gasteiger partial charge in [0.1, 0.15) is 22.8 Å². The Morgan fingerprint density at radius 2 is 1.91 bits per heavy atom. The molecule has 1 saturated carbocycles. The monoisotopic (exact) mass is 443 g/mol. The molecule has 3 heterocycles. The number of halogens is 1. The van der Waals surface area contributed by atoms with Gasteiger partial charge >= 0.3 is 6.09 Å². The number of pyridine rings is 1. The number of rotatable bonds is 3. The Bertz CT molecular complexity index is 1070. The van der Waals surface area contributed by atoms with E-state index in [0.717, 1.165) is 12.8 Å². The number of carbonyl (C=O) groups is 1. The van der Waals surface area contributed by atoms with Crippen LogP contribution in [0.4, 0.5) is 20.7 Å². The molecule has 3 aromatic heterocycles. The minimum atomic E-state index is -0.725. The van der Waals surface area contributed by atoms with E-state index in [1.165, 1.54) is 31.5 Å². The van der Waals surface area contributed by atoms with Gasteiger partial charge in [0.15, 0.2) is 11.6 Å². The van der Waals surface area contributed by atoms with Crippen molar-refractivity contribution in [3.8, 4) is 11.5 Å². The predicted molar refractivity (Wildman–Crippen MR) is 122 cm³/mol. The highest BCUT2D eigenvalue weighted by Gasteiger charge is 2.17. The van der Waals surface area contributed by atoms with Crippen LogP contribution in [-0.4, -0.2) is 37.1 Å². The lowest BCUT2D eigenvalue weighted by molar-refractivity contribution is 0.0600. The highest BCUT2D eigenvalue weighted by Crippen LogP contribution is 2.26. The maximum Gasteiger partial charge on any atom is 0.405 e. The normalized spacial score (nSPS) is 14.5. The summed E-state index contributed by atoms with van der Waals surface area (Å²) >= 11 is 0. The molecule has 1 amide bonds. The SMILES string of the molecule is CC(C)(C)OC(N)=O.Nc1cnc(-c2cnc3ccc(F)cn23)nc1NC1CCCCC1. The Morgan fingerprint density at radius 3 is 2.53 bits per heavy atom. The van der Waals surface area contributed by atoms with Gasteiger partial charge in [0.25, 0.3) is 0 Å². The Hall–Kier alpha value is -3.43. The lowest BCUT2D eigenvalue weighted by atomic mass is 9.95. The molecule has 0 unspecified atom stereocenters. The quantitative estimate of drug-likeness (QED) is 0.554. The van der Waals surface area contributed by atoms with Crippen molar-refractivity contribution in [2.45, 2.75) is 64.5 Å². The third kappa shape index (κ3) is 6.29. The molecule has 1 fully saturated rings. The van der Waals surface area contributed by atoms with Crippen LogP contribution in [0.2, 0.25) is 0 Å². The minimum Gasteiger partial charge on any atom is -0.444 e. The standard InChI is InChI=1S/C17H19FN6.C5H11NO2/c18-11-6-7-15-20-9-14(24(15)10-11)17-21-8-13(19)16(23-17)22-12-4-2-1-3-5-12;1-5(2,3)8-4(6)7/h6-10,12H,1-5,19H2,(H,21,22,23);1-3H3,(H2,6,7). The van der Waals surface area contributed by atoms with Gasteiger partial charge in [0, 0.05) is 12.2 Å². The van der Waals surface area contributed by atoms with E-state index >= 15 is 0 Å². The number of hydrogen-bond donors (Lipinski definition) is 3. The fourth-order valence-electron chi connectivity index (χ4n) is 3.49. The number of imidazole rings is 1. The summed E-state index contributed by atoms with van der Waals surface area (Å²) in [4.78, 5) is 23.1. The number of hydrogen-bond acceptors (Lipinski definition) is 7. The van der Waals surface area contributed by atoms with Crippen LogP contribution in [-0.2, 0) is 4.74 Å². The molecule has 3 aromatic rings. The van der Waals surface area contributed by atoms with Gasteiger partial charge in [-0.05, 0) is 45.7 Å². The van der Waals surface area contributed by atoms with Crippen LogP contribution in [0.15, 0.2) is 30.7 Å². The lowest BCUT2D eigenvalue weighted by Gasteiger charge is -2.24. The molecular weight excluding hydrogens is 413 g/mol. The summed E-state index contributed by atoms with van der Waals surface area (Å²) in [5.74, 6) is 0.775. The number of aromatic nitrogens is 4. The van der Waals surface area contributed by atoms with Crippen molar-refractivity contribution in [3.63, 3.8) is 0 Å². The highest BCUT2D eigenvalue weighted by molar-refractivity contribution is 5.66. The molecule has 0 aromatic carbocycles. The molecule has 5 N–H and O–H groups in total. The lowest BCUT2D eigenvalue weighted by Crippen LogP contribution is -2.27. The van der Waals surface area contributed by atoms with Crippen LogP contribution in [0.3, 0.4) is 0 Å². The Labute approximate surface area is 186 Å². The van der Waals surface area contributed by atoms with Gasteiger partial charge in [0.2, 0.25) is 0 Å². The molecular formula is C22H30FN7O2. The number of carbonyl (C=O) groups excluding carboxylic acids is 1. The summed E-state index contributed by atoms with van der Waals surface area (Å²) in [6, 6.07) is 3.40. The summed E-state index contributed by atoms with van der Waals surface area (Å²) in [5.41, 5.74) is 12.1. The number of ether oxygens (including phenoxy) is 1. The zero-order chi connectivity index (χ0) is 23.3. The fraction of sp³-hybridized carbons (Fsp3) is 0.455. The van der Waals surface area contributed by atoms with Crippen LogP contribution in [0.5, 0.6) is 0 Å². The number of nitrogens with one attached hydrogen (secondary N) is 1. The van der Waals surface area contributed by atoms with Crippen molar-refractivity contribution in [1.82, 2.24) is 19.4 Å². The molecule has 0 saturated heterocycles. The molecule has 0 atom stereocenters. The van der Waals surface area contributed by atoms with Gasteiger partial charge in [-0.1, -0.05) is 19.3 Å². The first kappa shape index (κ1) is 23.2. The Kier molecular flexibility index (Phi) is 7.12. The second kappa shape index (κ2) is 9.80. The van der Waals surface area contributed by atoms with Crippen LogP contribution in [0.1, 0.15) is 52.9 Å². The van der Waals surface area contributed by atoms with Gasteiger partial charge in [-0.3, -0.25) is 4.40 Å². The molecule has 0 aliphatic heterocycles. The summed E-state index contributed by atoms with van der Waals surface area (Å²) in [7, 11) is 0. The molecule has 0 bridgehead atoms. The Morgan fingerprint density at radius 1 is 1.19 bits per heavy atom. The van der Waals surface area contributed by atoms with E-state index in [0.29, 0.717) is 34.7 Å². The summed E-state index contributed by atoms with van der Waals surface area (Å²) in [6.45, 7) is 5.28. The molecule has 9 nitrogen and oxygen atoms in total. The molecule has 4 rings (SSSR count). The van der Waals surface area contributed by atoms with E-state index in [4.69, 9.17) is 11.5 Å². The minimum absolute atomic E-state index is 0.335. The maximum atomic E-state index is 13.5. The molecule has 1 aliphatic carbocycles. The average Bonchev–Trinajstić information content (AvgIpc) is 3.12. The number of fused-ring (bicyclic) bond motifs is 1. The van der Waals surface area contributed by atoms with Crippen molar-refractivity contribution in [2.75, 3.05) is 11.1 Å².